The summed E-state index contributed by atoms with van der Waals surface area (Å²) in [6.07, 6.45) is 0.986. The number of aliphatic hydroxyl groups excluding tert-OH is 1. The Kier molecular flexibility index (Phi) is 4.21. The van der Waals surface area contributed by atoms with Crippen LogP contribution in [0.15, 0.2) is 12.1 Å². The summed E-state index contributed by atoms with van der Waals surface area (Å²) in [4.78, 5) is 1.29. The number of rotatable bonds is 6. The maximum absolute atomic E-state index is 9.22. The summed E-state index contributed by atoms with van der Waals surface area (Å²) in [5.41, 5.74) is -0.0346. The maximum atomic E-state index is 9.22. The van der Waals surface area contributed by atoms with Gasteiger partial charge in [0, 0.05) is 11.4 Å². The van der Waals surface area contributed by atoms with Crippen molar-refractivity contribution in [3.8, 4) is 0 Å². The molecule has 3 nitrogen and oxygen atoms in total. The average Bonchev–Trinajstić information content (AvgIpc) is 2.62. The molecule has 0 bridgehead atoms. The van der Waals surface area contributed by atoms with Crippen LogP contribution in [0.5, 0.6) is 0 Å². The van der Waals surface area contributed by atoms with E-state index < -0.39 is 0 Å². The standard InChI is InChI=1S/C11H16ClNO2S/c12-10-2-1-9(16-10)3-4-13-5-11(6-14)7-15-8-11/h1-2,13-14H,3-8H2. The Balaban J connectivity index is 1.65. The lowest BCUT2D eigenvalue weighted by molar-refractivity contribution is -0.134. The van der Waals surface area contributed by atoms with Crippen LogP contribution in [0.4, 0.5) is 0 Å². The second-order valence-electron chi connectivity index (χ2n) is 4.28. The van der Waals surface area contributed by atoms with Gasteiger partial charge in [0.1, 0.15) is 0 Å². The Hall–Kier alpha value is -0.130. The van der Waals surface area contributed by atoms with Crippen molar-refractivity contribution in [1.82, 2.24) is 5.32 Å². The summed E-state index contributed by atoms with van der Waals surface area (Å²) in [6.45, 7) is 3.27. The second-order valence-corrected chi connectivity index (χ2v) is 6.08. The van der Waals surface area contributed by atoms with E-state index in [1.54, 1.807) is 11.3 Å². The first kappa shape index (κ1) is 12.3. The van der Waals surface area contributed by atoms with Gasteiger partial charge in [-0.1, -0.05) is 11.6 Å². The Morgan fingerprint density at radius 1 is 1.50 bits per heavy atom. The molecule has 0 unspecified atom stereocenters. The molecular formula is C11H16ClNO2S. The molecular weight excluding hydrogens is 246 g/mol. The van der Waals surface area contributed by atoms with Gasteiger partial charge in [-0.25, -0.2) is 0 Å². The number of ether oxygens (including phenoxy) is 1. The minimum absolute atomic E-state index is 0.0346. The van der Waals surface area contributed by atoms with Crippen molar-refractivity contribution in [1.29, 1.82) is 0 Å². The number of aliphatic hydroxyl groups is 1. The number of nitrogens with one attached hydrogen (secondary N) is 1. The van der Waals surface area contributed by atoms with Crippen LogP contribution in [0, 0.1) is 5.41 Å². The van der Waals surface area contributed by atoms with Crippen molar-refractivity contribution in [2.75, 3.05) is 32.9 Å². The van der Waals surface area contributed by atoms with Gasteiger partial charge in [-0.3, -0.25) is 0 Å². The number of hydrogen-bond acceptors (Lipinski definition) is 4. The molecule has 0 saturated carbocycles. The molecule has 5 heteroatoms. The van der Waals surface area contributed by atoms with Crippen molar-refractivity contribution < 1.29 is 9.84 Å². The molecule has 0 aliphatic carbocycles. The Bertz CT molecular complexity index is 333. The van der Waals surface area contributed by atoms with Crippen LogP contribution in [-0.2, 0) is 11.2 Å². The molecule has 2 N–H and O–H groups in total. The Morgan fingerprint density at radius 3 is 2.81 bits per heavy atom. The van der Waals surface area contributed by atoms with Gasteiger partial charge < -0.3 is 15.2 Å². The highest BCUT2D eigenvalue weighted by Gasteiger charge is 2.37. The molecule has 0 aromatic carbocycles. The van der Waals surface area contributed by atoms with Crippen LogP contribution >= 0.6 is 22.9 Å². The number of halogens is 1. The minimum atomic E-state index is -0.0346. The van der Waals surface area contributed by atoms with Gasteiger partial charge in [0.15, 0.2) is 0 Å². The third kappa shape index (κ3) is 2.96. The van der Waals surface area contributed by atoms with E-state index in [0.29, 0.717) is 13.2 Å². The quantitative estimate of drug-likeness (QED) is 0.764. The topological polar surface area (TPSA) is 41.5 Å². The second kappa shape index (κ2) is 5.47. The highest BCUT2D eigenvalue weighted by molar-refractivity contribution is 7.16. The highest BCUT2D eigenvalue weighted by atomic mass is 35.5. The van der Waals surface area contributed by atoms with Crippen molar-refractivity contribution in [2.24, 2.45) is 5.41 Å². The van der Waals surface area contributed by atoms with E-state index in [2.05, 4.69) is 11.4 Å². The van der Waals surface area contributed by atoms with Crippen molar-refractivity contribution in [2.45, 2.75) is 6.42 Å². The van der Waals surface area contributed by atoms with Crippen molar-refractivity contribution in [3.63, 3.8) is 0 Å². The minimum Gasteiger partial charge on any atom is -0.396 e. The zero-order valence-electron chi connectivity index (χ0n) is 9.04. The zero-order valence-corrected chi connectivity index (χ0v) is 10.6. The largest absolute Gasteiger partial charge is 0.396 e. The van der Waals surface area contributed by atoms with Gasteiger partial charge in [0.25, 0.3) is 0 Å². The van der Waals surface area contributed by atoms with Crippen LogP contribution in [0.3, 0.4) is 0 Å². The predicted octanol–water partition coefficient (Wildman–Crippen LogP) is 1.54. The number of thiophene rings is 1. The van der Waals surface area contributed by atoms with Crippen molar-refractivity contribution >= 4 is 22.9 Å². The molecule has 1 aromatic rings. The zero-order chi connectivity index (χ0) is 11.4. The monoisotopic (exact) mass is 261 g/mol. The first-order valence-corrected chi connectivity index (χ1v) is 6.57. The number of hydrogen-bond donors (Lipinski definition) is 2. The Labute approximate surface area is 104 Å². The van der Waals surface area contributed by atoms with Gasteiger partial charge in [-0.05, 0) is 25.1 Å². The van der Waals surface area contributed by atoms with Gasteiger partial charge in [-0.15, -0.1) is 11.3 Å². The molecule has 1 aliphatic heterocycles. The first-order valence-electron chi connectivity index (χ1n) is 5.38. The molecule has 1 saturated heterocycles. The summed E-state index contributed by atoms with van der Waals surface area (Å²) >= 11 is 7.47. The maximum Gasteiger partial charge on any atom is 0.0931 e. The molecule has 2 heterocycles. The molecule has 0 atom stereocenters. The van der Waals surface area contributed by atoms with Crippen LogP contribution in [0.25, 0.3) is 0 Å². The summed E-state index contributed by atoms with van der Waals surface area (Å²) in [6, 6.07) is 3.99. The molecule has 1 fully saturated rings. The normalized spacial score (nSPS) is 18.4. The lowest BCUT2D eigenvalue weighted by Gasteiger charge is -2.40. The molecule has 1 aromatic heterocycles. The van der Waals surface area contributed by atoms with Crippen molar-refractivity contribution in [3.05, 3.63) is 21.3 Å². The summed E-state index contributed by atoms with van der Waals surface area (Å²) < 4.78 is 5.97. The van der Waals surface area contributed by atoms with E-state index in [4.69, 9.17) is 16.3 Å². The van der Waals surface area contributed by atoms with E-state index in [-0.39, 0.29) is 12.0 Å². The van der Waals surface area contributed by atoms with Gasteiger partial charge in [-0.2, -0.15) is 0 Å². The third-order valence-electron chi connectivity index (χ3n) is 2.83. The molecule has 1 aliphatic rings. The fraction of sp³-hybridized carbons (Fsp3) is 0.636. The summed E-state index contributed by atoms with van der Waals surface area (Å²) in [7, 11) is 0. The smallest absolute Gasteiger partial charge is 0.0931 e. The van der Waals surface area contributed by atoms with Crippen LogP contribution in [-0.4, -0.2) is 38.0 Å². The SMILES string of the molecule is OCC1(CNCCc2ccc(Cl)s2)COC1. The van der Waals surface area contributed by atoms with E-state index in [9.17, 15) is 5.11 Å². The van der Waals surface area contributed by atoms with Crippen LogP contribution in [0.1, 0.15) is 4.88 Å². The van der Waals surface area contributed by atoms with Gasteiger partial charge >= 0.3 is 0 Å². The fourth-order valence-electron chi connectivity index (χ4n) is 1.69. The summed E-state index contributed by atoms with van der Waals surface area (Å²) in [5, 5.41) is 12.6. The molecule has 0 radical (unpaired) electrons. The van der Waals surface area contributed by atoms with E-state index in [0.717, 1.165) is 23.8 Å². The van der Waals surface area contributed by atoms with Gasteiger partial charge in [0.2, 0.25) is 0 Å². The first-order chi connectivity index (χ1) is 7.74. The third-order valence-corrected chi connectivity index (χ3v) is 4.12. The highest BCUT2D eigenvalue weighted by Crippen LogP contribution is 2.25. The van der Waals surface area contributed by atoms with Gasteiger partial charge in [0.05, 0.1) is 29.6 Å². The summed E-state index contributed by atoms with van der Waals surface area (Å²) in [5.74, 6) is 0. The average molecular weight is 262 g/mol. The Morgan fingerprint density at radius 2 is 2.31 bits per heavy atom. The van der Waals surface area contributed by atoms with Crippen LogP contribution < -0.4 is 5.32 Å². The predicted molar refractivity (Wildman–Crippen MR) is 66.2 cm³/mol. The van der Waals surface area contributed by atoms with E-state index in [1.807, 2.05) is 6.07 Å². The molecule has 90 valence electrons. The molecule has 2 rings (SSSR count). The van der Waals surface area contributed by atoms with E-state index in [1.165, 1.54) is 4.88 Å². The van der Waals surface area contributed by atoms with E-state index >= 15 is 0 Å². The fourth-order valence-corrected chi connectivity index (χ4v) is 2.78. The molecule has 0 spiro atoms. The molecule has 16 heavy (non-hydrogen) atoms. The lowest BCUT2D eigenvalue weighted by Crippen LogP contribution is -2.52. The molecule has 0 amide bonds. The van der Waals surface area contributed by atoms with Crippen LogP contribution in [0.2, 0.25) is 4.34 Å². The lowest BCUT2D eigenvalue weighted by atomic mass is 9.87.